The molecule has 154 valence electrons. The molecule has 0 amide bonds. The van der Waals surface area contributed by atoms with Gasteiger partial charge >= 0.3 is 0 Å². The van der Waals surface area contributed by atoms with Gasteiger partial charge in [-0.25, -0.2) is 0 Å². The van der Waals surface area contributed by atoms with E-state index in [9.17, 15) is 9.90 Å². The quantitative estimate of drug-likeness (QED) is 0.700. The van der Waals surface area contributed by atoms with Crippen molar-refractivity contribution in [1.29, 1.82) is 0 Å². The molecule has 2 aromatic rings. The minimum atomic E-state index is -0.752. The molecule has 30 heavy (non-hydrogen) atoms. The van der Waals surface area contributed by atoms with Crippen LogP contribution in [0, 0.1) is 0 Å². The molecule has 3 aliphatic rings. The number of carbonyl (C=O) groups is 1. The second-order valence-electron chi connectivity index (χ2n) is 8.84. The number of ketones is 1. The molecule has 0 spiro atoms. The third-order valence-corrected chi connectivity index (χ3v) is 5.73. The maximum Gasteiger partial charge on any atom is 0.255 e. The van der Waals surface area contributed by atoms with Crippen LogP contribution < -0.4 is 14.2 Å². The van der Waals surface area contributed by atoms with Crippen LogP contribution in [0.15, 0.2) is 42.0 Å². The topological polar surface area (TPSA) is 65.0 Å². The average Bonchev–Trinajstić information content (AvgIpc) is 3.03. The van der Waals surface area contributed by atoms with E-state index in [-0.39, 0.29) is 11.5 Å². The van der Waals surface area contributed by atoms with Crippen molar-refractivity contribution in [2.24, 2.45) is 0 Å². The normalized spacial score (nSPS) is 21.9. The highest BCUT2D eigenvalue weighted by atomic mass is 16.7. The molecule has 3 aliphatic heterocycles. The summed E-state index contributed by atoms with van der Waals surface area (Å²) in [6.45, 7) is 8.08. The fourth-order valence-corrected chi connectivity index (χ4v) is 4.23. The van der Waals surface area contributed by atoms with Crippen LogP contribution in [0.5, 0.6) is 23.0 Å². The number of rotatable bonds is 2. The molecular formula is C25H24O5. The summed E-state index contributed by atoms with van der Waals surface area (Å²) in [4.78, 5) is 13.5. The Morgan fingerprint density at radius 1 is 1.17 bits per heavy atom. The zero-order chi connectivity index (χ0) is 21.2. The van der Waals surface area contributed by atoms with Crippen molar-refractivity contribution in [3.8, 4) is 23.0 Å². The van der Waals surface area contributed by atoms with Gasteiger partial charge in [-0.05, 0) is 52.3 Å². The highest BCUT2D eigenvalue weighted by Crippen LogP contribution is 2.50. The Labute approximate surface area is 175 Å². The lowest BCUT2D eigenvalue weighted by Crippen LogP contribution is -2.37. The van der Waals surface area contributed by atoms with Gasteiger partial charge in [0.1, 0.15) is 34.5 Å². The molecule has 0 unspecified atom stereocenters. The smallest absolute Gasteiger partial charge is 0.255 e. The first kappa shape index (κ1) is 18.8. The van der Waals surface area contributed by atoms with Crippen molar-refractivity contribution in [1.82, 2.24) is 0 Å². The largest absolute Gasteiger partial charge is 0.508 e. The van der Waals surface area contributed by atoms with Crippen molar-refractivity contribution in [2.75, 3.05) is 0 Å². The summed E-state index contributed by atoms with van der Waals surface area (Å²) >= 11 is 0. The Kier molecular flexibility index (Phi) is 4.01. The highest BCUT2D eigenvalue weighted by Gasteiger charge is 2.47. The maximum absolute atomic E-state index is 13.5. The van der Waals surface area contributed by atoms with E-state index in [1.165, 1.54) is 11.6 Å². The Hall–Kier alpha value is -3.21. The molecule has 0 aliphatic carbocycles. The molecule has 0 fully saturated rings. The molecule has 0 saturated carbocycles. The predicted molar refractivity (Wildman–Crippen MR) is 114 cm³/mol. The van der Waals surface area contributed by atoms with Crippen LogP contribution >= 0.6 is 0 Å². The summed E-state index contributed by atoms with van der Waals surface area (Å²) in [5, 5.41) is 9.79. The summed E-state index contributed by atoms with van der Waals surface area (Å²) in [6, 6.07) is 6.69. The van der Waals surface area contributed by atoms with Gasteiger partial charge in [0.25, 0.3) is 6.29 Å². The summed E-state index contributed by atoms with van der Waals surface area (Å²) in [5.74, 6) is 1.27. The van der Waals surface area contributed by atoms with Crippen molar-refractivity contribution < 1.29 is 24.1 Å². The SMILES string of the molecule is CC(C)=CCc1c2c(cc3c1O[C@H]1Oc4cc(O)ccc4[C@H]1C3=O)C=CC(C)(C)O2. The Morgan fingerprint density at radius 2 is 1.97 bits per heavy atom. The first-order chi connectivity index (χ1) is 14.2. The zero-order valence-electron chi connectivity index (χ0n) is 17.5. The number of carbonyl (C=O) groups excluding carboxylic acids is 1. The molecule has 0 bridgehead atoms. The predicted octanol–water partition coefficient (Wildman–Crippen LogP) is 5.16. The first-order valence-electron chi connectivity index (χ1n) is 10.2. The van der Waals surface area contributed by atoms with Crippen molar-refractivity contribution in [3.05, 3.63) is 64.2 Å². The summed E-state index contributed by atoms with van der Waals surface area (Å²) in [6.07, 6.45) is 5.96. The van der Waals surface area contributed by atoms with Gasteiger partial charge in [0.05, 0.1) is 5.56 Å². The molecule has 2 atom stereocenters. The monoisotopic (exact) mass is 404 g/mol. The van der Waals surface area contributed by atoms with Crippen molar-refractivity contribution >= 4 is 11.9 Å². The van der Waals surface area contributed by atoms with E-state index in [0.29, 0.717) is 23.5 Å². The fraction of sp³-hybridized carbons (Fsp3) is 0.320. The number of aromatic hydroxyl groups is 1. The molecule has 0 saturated heterocycles. The van der Waals surface area contributed by atoms with Gasteiger partial charge in [-0.2, -0.15) is 0 Å². The van der Waals surface area contributed by atoms with Crippen molar-refractivity contribution in [3.63, 3.8) is 0 Å². The van der Waals surface area contributed by atoms with E-state index < -0.39 is 17.8 Å². The van der Waals surface area contributed by atoms with E-state index in [4.69, 9.17) is 14.2 Å². The van der Waals surface area contributed by atoms with Crippen molar-refractivity contribution in [2.45, 2.75) is 51.9 Å². The van der Waals surface area contributed by atoms with E-state index >= 15 is 0 Å². The fourth-order valence-electron chi connectivity index (χ4n) is 4.23. The van der Waals surface area contributed by atoms with Gasteiger partial charge < -0.3 is 19.3 Å². The zero-order valence-corrected chi connectivity index (χ0v) is 17.5. The number of allylic oxidation sites excluding steroid dienone is 2. The molecule has 0 radical (unpaired) electrons. The number of phenols is 1. The van der Waals surface area contributed by atoms with Gasteiger partial charge in [-0.15, -0.1) is 0 Å². The van der Waals surface area contributed by atoms with E-state index in [1.807, 2.05) is 45.9 Å². The van der Waals surface area contributed by atoms with E-state index in [0.717, 1.165) is 22.4 Å². The van der Waals surface area contributed by atoms with Gasteiger partial charge in [-0.1, -0.05) is 23.8 Å². The van der Waals surface area contributed by atoms with Crippen LogP contribution in [0.25, 0.3) is 6.08 Å². The average molecular weight is 404 g/mol. The molecule has 5 rings (SSSR count). The second kappa shape index (κ2) is 6.39. The van der Waals surface area contributed by atoms with Gasteiger partial charge in [0, 0.05) is 22.8 Å². The second-order valence-corrected chi connectivity index (χ2v) is 8.84. The number of hydrogen-bond donors (Lipinski definition) is 1. The Morgan fingerprint density at radius 3 is 2.73 bits per heavy atom. The Balaban J connectivity index is 1.67. The lowest BCUT2D eigenvalue weighted by molar-refractivity contribution is -0.00149. The summed E-state index contributed by atoms with van der Waals surface area (Å²) in [7, 11) is 0. The lowest BCUT2D eigenvalue weighted by Gasteiger charge is -2.34. The minimum Gasteiger partial charge on any atom is -0.508 e. The number of fused-ring (bicyclic) bond motifs is 5. The maximum atomic E-state index is 13.5. The van der Waals surface area contributed by atoms with Gasteiger partial charge in [0.15, 0.2) is 5.78 Å². The van der Waals surface area contributed by atoms with Gasteiger partial charge in [0.2, 0.25) is 0 Å². The van der Waals surface area contributed by atoms with Gasteiger partial charge in [-0.3, -0.25) is 4.79 Å². The standard InChI is InChI=1S/C25H24O5/c1-13(2)5-7-17-22-14(9-10-25(3,4)30-22)11-18-21(27)20-16-8-6-15(26)12-19(16)28-24(20)29-23(17)18/h5-6,8-12,20,24,26H,7H2,1-4H3/t20-,24+/m0/s1. The van der Waals surface area contributed by atoms with Crippen LogP contribution in [0.3, 0.4) is 0 Å². The first-order valence-corrected chi connectivity index (χ1v) is 10.2. The number of ether oxygens (including phenoxy) is 3. The molecule has 1 N–H and O–H groups in total. The molecule has 3 heterocycles. The number of benzene rings is 2. The number of Topliss-reactive ketones (excluding diaryl/α,β-unsaturated/α-hetero) is 1. The van der Waals surface area contributed by atoms with E-state index in [1.54, 1.807) is 12.1 Å². The van der Waals surface area contributed by atoms with Crippen LogP contribution in [0.4, 0.5) is 0 Å². The van der Waals surface area contributed by atoms with Crippen LogP contribution in [0.1, 0.15) is 60.7 Å². The van der Waals surface area contributed by atoms with Crippen LogP contribution in [-0.4, -0.2) is 22.8 Å². The lowest BCUT2D eigenvalue weighted by atomic mass is 9.85. The molecule has 5 nitrogen and oxygen atoms in total. The summed E-state index contributed by atoms with van der Waals surface area (Å²) < 4.78 is 18.5. The number of phenolic OH excluding ortho intramolecular Hbond substituents is 1. The van der Waals surface area contributed by atoms with Crippen LogP contribution in [-0.2, 0) is 6.42 Å². The Bertz CT molecular complexity index is 1130. The third kappa shape index (κ3) is 2.88. The third-order valence-electron chi connectivity index (χ3n) is 5.73. The highest BCUT2D eigenvalue weighted by molar-refractivity contribution is 6.06. The molecule has 5 heteroatoms. The molecular weight excluding hydrogens is 380 g/mol. The number of hydrogen-bond acceptors (Lipinski definition) is 5. The molecule has 0 aromatic heterocycles. The van der Waals surface area contributed by atoms with E-state index in [2.05, 4.69) is 6.08 Å². The van der Waals surface area contributed by atoms with Crippen LogP contribution in [0.2, 0.25) is 0 Å². The molecule has 2 aromatic carbocycles. The summed E-state index contributed by atoms with van der Waals surface area (Å²) in [5.41, 5.74) is 3.75. The minimum absolute atomic E-state index is 0.0369.